The van der Waals surface area contributed by atoms with Crippen molar-refractivity contribution in [3.05, 3.63) is 53.1 Å². The number of hydrogen-bond acceptors (Lipinski definition) is 4. The highest BCUT2D eigenvalue weighted by atomic mass is 35.5. The van der Waals surface area contributed by atoms with Crippen LogP contribution in [0.5, 0.6) is 11.5 Å². The largest absolute Gasteiger partial charge is 0.486 e. The van der Waals surface area contributed by atoms with Gasteiger partial charge in [-0.15, -0.1) is 12.4 Å². The summed E-state index contributed by atoms with van der Waals surface area (Å²) in [6.07, 6.45) is 0.971. The summed E-state index contributed by atoms with van der Waals surface area (Å²) in [5.41, 5.74) is 4.03. The summed E-state index contributed by atoms with van der Waals surface area (Å²) in [6.45, 7) is 2.55. The highest BCUT2D eigenvalue weighted by molar-refractivity contribution is 5.95. The van der Waals surface area contributed by atoms with Crippen molar-refractivity contribution in [1.29, 1.82) is 0 Å². The molecule has 0 aromatic heterocycles. The molecule has 0 bridgehead atoms. The molecule has 5 nitrogen and oxygen atoms in total. The molecule has 4 rings (SSSR count). The summed E-state index contributed by atoms with van der Waals surface area (Å²) in [5.74, 6) is 1.44. The first-order valence-electron chi connectivity index (χ1n) is 7.83. The molecule has 2 N–H and O–H groups in total. The van der Waals surface area contributed by atoms with Crippen LogP contribution in [-0.2, 0) is 13.0 Å². The number of carbonyl (C=O) groups excluding carboxylic acids is 1. The average molecular weight is 347 g/mol. The van der Waals surface area contributed by atoms with Crippen LogP contribution in [0.4, 0.5) is 5.69 Å². The fourth-order valence-electron chi connectivity index (χ4n) is 2.93. The van der Waals surface area contributed by atoms with Gasteiger partial charge in [0, 0.05) is 24.3 Å². The first-order valence-corrected chi connectivity index (χ1v) is 7.83. The highest BCUT2D eigenvalue weighted by Crippen LogP contribution is 2.30. The number of amides is 1. The summed E-state index contributed by atoms with van der Waals surface area (Å²) < 4.78 is 11.1. The van der Waals surface area contributed by atoms with E-state index in [2.05, 4.69) is 10.6 Å². The molecule has 0 radical (unpaired) electrons. The fourth-order valence-corrected chi connectivity index (χ4v) is 2.93. The summed E-state index contributed by atoms with van der Waals surface area (Å²) >= 11 is 0. The Labute approximate surface area is 146 Å². The van der Waals surface area contributed by atoms with Crippen LogP contribution in [0.3, 0.4) is 0 Å². The van der Waals surface area contributed by atoms with Crippen LogP contribution in [0.1, 0.15) is 21.5 Å². The zero-order valence-corrected chi connectivity index (χ0v) is 13.9. The van der Waals surface area contributed by atoms with Crippen molar-refractivity contribution < 1.29 is 14.3 Å². The molecule has 2 heterocycles. The first-order chi connectivity index (χ1) is 11.3. The second-order valence-electron chi connectivity index (χ2n) is 5.71. The summed E-state index contributed by atoms with van der Waals surface area (Å²) in [6, 6.07) is 11.5. The van der Waals surface area contributed by atoms with Gasteiger partial charge in [0.2, 0.25) is 0 Å². The smallest absolute Gasteiger partial charge is 0.251 e. The van der Waals surface area contributed by atoms with Gasteiger partial charge in [0.15, 0.2) is 11.5 Å². The minimum absolute atomic E-state index is 0. The van der Waals surface area contributed by atoms with Crippen LogP contribution in [0.2, 0.25) is 0 Å². The Morgan fingerprint density at radius 1 is 1.08 bits per heavy atom. The standard InChI is InChI=1S/C18H18N2O3.ClH/c21-18(14-2-3-15-13(10-14)5-6-19-15)20-11-12-1-4-16-17(9-12)23-8-7-22-16;/h1-4,9-10,19H,5-8,11H2,(H,20,21);1H. The van der Waals surface area contributed by atoms with Gasteiger partial charge in [-0.3, -0.25) is 4.79 Å². The normalized spacial score (nSPS) is 14.2. The lowest BCUT2D eigenvalue weighted by molar-refractivity contribution is 0.0950. The lowest BCUT2D eigenvalue weighted by Crippen LogP contribution is -2.23. The second kappa shape index (κ2) is 7.01. The predicted octanol–water partition coefficient (Wildman–Crippen LogP) is 2.78. The summed E-state index contributed by atoms with van der Waals surface area (Å²) in [4.78, 5) is 12.3. The van der Waals surface area contributed by atoms with Gasteiger partial charge < -0.3 is 20.1 Å². The van der Waals surface area contributed by atoms with Gasteiger partial charge in [-0.1, -0.05) is 6.07 Å². The molecule has 2 aliphatic heterocycles. The van der Waals surface area contributed by atoms with Crippen LogP contribution in [-0.4, -0.2) is 25.7 Å². The van der Waals surface area contributed by atoms with Crippen molar-refractivity contribution in [2.45, 2.75) is 13.0 Å². The molecule has 2 aromatic rings. The number of ether oxygens (including phenoxy) is 2. The Morgan fingerprint density at radius 2 is 1.92 bits per heavy atom. The number of nitrogens with one attached hydrogen (secondary N) is 2. The molecule has 0 unspecified atom stereocenters. The van der Waals surface area contributed by atoms with E-state index in [9.17, 15) is 4.79 Å². The van der Waals surface area contributed by atoms with Crippen molar-refractivity contribution in [3.8, 4) is 11.5 Å². The number of rotatable bonds is 3. The Hall–Kier alpha value is -2.40. The van der Waals surface area contributed by atoms with Crippen molar-refractivity contribution in [1.82, 2.24) is 5.32 Å². The molecule has 6 heteroatoms. The molecule has 1 amide bonds. The minimum Gasteiger partial charge on any atom is -0.486 e. The van der Waals surface area contributed by atoms with Gasteiger partial charge in [0.1, 0.15) is 13.2 Å². The molecular formula is C18H19ClN2O3. The van der Waals surface area contributed by atoms with Gasteiger partial charge in [-0.2, -0.15) is 0 Å². The predicted molar refractivity (Wildman–Crippen MR) is 94.5 cm³/mol. The molecule has 2 aromatic carbocycles. The number of benzene rings is 2. The number of anilines is 1. The Morgan fingerprint density at radius 3 is 2.79 bits per heavy atom. The van der Waals surface area contributed by atoms with E-state index in [1.807, 2.05) is 36.4 Å². The number of hydrogen-bond donors (Lipinski definition) is 2. The maximum atomic E-state index is 12.3. The van der Waals surface area contributed by atoms with Crippen LogP contribution in [0.15, 0.2) is 36.4 Å². The summed E-state index contributed by atoms with van der Waals surface area (Å²) in [7, 11) is 0. The second-order valence-corrected chi connectivity index (χ2v) is 5.71. The van der Waals surface area contributed by atoms with Crippen LogP contribution >= 0.6 is 12.4 Å². The SMILES string of the molecule is Cl.O=C(NCc1ccc2c(c1)OCCO2)c1ccc2c(c1)CCN2. The molecule has 24 heavy (non-hydrogen) atoms. The van der Waals surface area contributed by atoms with E-state index >= 15 is 0 Å². The molecular weight excluding hydrogens is 328 g/mol. The van der Waals surface area contributed by atoms with E-state index in [1.54, 1.807) is 0 Å². The van der Waals surface area contributed by atoms with Gasteiger partial charge in [0.05, 0.1) is 0 Å². The quantitative estimate of drug-likeness (QED) is 0.897. The maximum absolute atomic E-state index is 12.3. The Kier molecular flexibility index (Phi) is 4.81. The maximum Gasteiger partial charge on any atom is 0.251 e. The van der Waals surface area contributed by atoms with Gasteiger partial charge >= 0.3 is 0 Å². The van der Waals surface area contributed by atoms with Gasteiger partial charge in [-0.05, 0) is 47.9 Å². The lowest BCUT2D eigenvalue weighted by atomic mass is 10.1. The van der Waals surface area contributed by atoms with Crippen molar-refractivity contribution in [2.75, 3.05) is 25.1 Å². The first kappa shape index (κ1) is 16.5. The van der Waals surface area contributed by atoms with Crippen LogP contribution < -0.4 is 20.1 Å². The van der Waals surface area contributed by atoms with Crippen molar-refractivity contribution in [3.63, 3.8) is 0 Å². The zero-order chi connectivity index (χ0) is 15.6. The lowest BCUT2D eigenvalue weighted by Gasteiger charge is -2.19. The van der Waals surface area contributed by atoms with Gasteiger partial charge in [0.25, 0.3) is 5.91 Å². The molecule has 2 aliphatic rings. The van der Waals surface area contributed by atoms with Crippen molar-refractivity contribution >= 4 is 24.0 Å². The van der Waals surface area contributed by atoms with E-state index in [-0.39, 0.29) is 18.3 Å². The number of carbonyl (C=O) groups is 1. The topological polar surface area (TPSA) is 59.6 Å². The van der Waals surface area contributed by atoms with E-state index in [4.69, 9.17) is 9.47 Å². The molecule has 0 aliphatic carbocycles. The fraction of sp³-hybridized carbons (Fsp3) is 0.278. The minimum atomic E-state index is -0.0606. The molecule has 126 valence electrons. The molecule has 0 spiro atoms. The zero-order valence-electron chi connectivity index (χ0n) is 13.1. The van der Waals surface area contributed by atoms with Crippen LogP contribution in [0, 0.1) is 0 Å². The Bertz CT molecular complexity index is 764. The van der Waals surface area contributed by atoms with Crippen molar-refractivity contribution in [2.24, 2.45) is 0 Å². The molecule has 0 saturated carbocycles. The van der Waals surface area contributed by atoms with Crippen LogP contribution in [0.25, 0.3) is 0 Å². The Balaban J connectivity index is 0.00000169. The van der Waals surface area contributed by atoms with E-state index in [1.165, 1.54) is 5.56 Å². The third kappa shape index (κ3) is 3.26. The number of fused-ring (bicyclic) bond motifs is 2. The third-order valence-corrected chi connectivity index (χ3v) is 4.14. The summed E-state index contributed by atoms with van der Waals surface area (Å²) in [5, 5.41) is 6.25. The molecule has 0 atom stereocenters. The van der Waals surface area contributed by atoms with E-state index in [0.717, 1.165) is 35.7 Å². The molecule has 0 fully saturated rings. The van der Waals surface area contributed by atoms with E-state index in [0.29, 0.717) is 25.3 Å². The monoisotopic (exact) mass is 346 g/mol. The number of halogens is 1. The average Bonchev–Trinajstić information content (AvgIpc) is 3.07. The van der Waals surface area contributed by atoms with Gasteiger partial charge in [-0.25, -0.2) is 0 Å². The van der Waals surface area contributed by atoms with E-state index < -0.39 is 0 Å². The molecule has 0 saturated heterocycles. The third-order valence-electron chi connectivity index (χ3n) is 4.14. The highest BCUT2D eigenvalue weighted by Gasteiger charge is 2.14.